The van der Waals surface area contributed by atoms with Crippen molar-refractivity contribution in [2.24, 2.45) is 10.9 Å². The first-order valence-corrected chi connectivity index (χ1v) is 8.88. The quantitative estimate of drug-likeness (QED) is 0.681. The summed E-state index contributed by atoms with van der Waals surface area (Å²) < 4.78 is 0. The summed E-state index contributed by atoms with van der Waals surface area (Å²) in [4.78, 5) is 9.81. The molecular formula is C18H33N3. The van der Waals surface area contributed by atoms with E-state index in [0.717, 1.165) is 5.92 Å². The molecule has 0 aromatic heterocycles. The van der Waals surface area contributed by atoms with Gasteiger partial charge in [0.15, 0.2) is 0 Å². The Morgan fingerprint density at radius 2 is 1.81 bits per heavy atom. The fourth-order valence-corrected chi connectivity index (χ4v) is 3.66. The third-order valence-electron chi connectivity index (χ3n) is 5.02. The van der Waals surface area contributed by atoms with E-state index in [9.17, 15) is 0 Å². The molecule has 2 rings (SSSR count). The molecule has 1 atom stereocenters. The summed E-state index contributed by atoms with van der Waals surface area (Å²) in [5, 5.41) is 0. The van der Waals surface area contributed by atoms with E-state index < -0.39 is 0 Å². The van der Waals surface area contributed by atoms with Crippen LogP contribution in [0.1, 0.15) is 52.9 Å². The number of aliphatic imine (C=N–C) groups is 1. The smallest absolute Gasteiger partial charge is 0.129 e. The number of rotatable bonds is 8. The van der Waals surface area contributed by atoms with Gasteiger partial charge in [-0.2, -0.15) is 0 Å². The maximum absolute atomic E-state index is 4.62. The average molecular weight is 291 g/mol. The van der Waals surface area contributed by atoms with Gasteiger partial charge in [0.05, 0.1) is 0 Å². The van der Waals surface area contributed by atoms with Crippen LogP contribution in [0.2, 0.25) is 0 Å². The van der Waals surface area contributed by atoms with Gasteiger partial charge in [0.1, 0.15) is 5.66 Å². The zero-order valence-corrected chi connectivity index (χ0v) is 14.2. The highest BCUT2D eigenvalue weighted by atomic mass is 15.3. The largest absolute Gasteiger partial charge is 0.303 e. The number of hydrogen-bond donors (Lipinski definition) is 0. The van der Waals surface area contributed by atoms with Crippen LogP contribution in [0, 0.1) is 5.92 Å². The normalized spacial score (nSPS) is 27.0. The molecule has 2 heterocycles. The SMILES string of the molecule is CCCN(CCC)CCC1CCN(C2(C)C=CC=N2)CC1. The summed E-state index contributed by atoms with van der Waals surface area (Å²) in [6.45, 7) is 13.0. The predicted octanol–water partition coefficient (Wildman–Crippen LogP) is 3.57. The van der Waals surface area contributed by atoms with E-state index in [1.165, 1.54) is 64.8 Å². The van der Waals surface area contributed by atoms with Crippen molar-refractivity contribution in [3.63, 3.8) is 0 Å². The van der Waals surface area contributed by atoms with Crippen molar-refractivity contribution in [3.05, 3.63) is 12.2 Å². The number of allylic oxidation sites excluding steroid dienone is 1. The molecule has 0 N–H and O–H groups in total. The zero-order chi connectivity index (χ0) is 15.1. The molecule has 0 amide bonds. The number of nitrogens with zero attached hydrogens (tertiary/aromatic N) is 3. The minimum atomic E-state index is -0.0541. The van der Waals surface area contributed by atoms with Crippen LogP contribution in [0.4, 0.5) is 0 Å². The van der Waals surface area contributed by atoms with Crippen LogP contribution in [0.5, 0.6) is 0 Å². The van der Waals surface area contributed by atoms with Gasteiger partial charge in [0, 0.05) is 19.3 Å². The van der Waals surface area contributed by atoms with E-state index in [4.69, 9.17) is 0 Å². The van der Waals surface area contributed by atoms with Gasteiger partial charge >= 0.3 is 0 Å². The predicted molar refractivity (Wildman–Crippen MR) is 92.0 cm³/mol. The van der Waals surface area contributed by atoms with Gasteiger partial charge in [-0.3, -0.25) is 9.89 Å². The number of piperidine rings is 1. The molecule has 2 aliphatic rings. The minimum absolute atomic E-state index is 0.0541. The first-order chi connectivity index (χ1) is 10.2. The molecule has 1 fully saturated rings. The molecule has 1 saturated heterocycles. The molecule has 0 aromatic carbocycles. The lowest BCUT2D eigenvalue weighted by molar-refractivity contribution is 0.0948. The molecule has 120 valence electrons. The first-order valence-electron chi connectivity index (χ1n) is 8.88. The third-order valence-corrected chi connectivity index (χ3v) is 5.02. The molecule has 0 bridgehead atoms. The van der Waals surface area contributed by atoms with Gasteiger partial charge in [0.2, 0.25) is 0 Å². The van der Waals surface area contributed by atoms with Crippen molar-refractivity contribution in [2.75, 3.05) is 32.7 Å². The van der Waals surface area contributed by atoms with Crippen LogP contribution < -0.4 is 0 Å². The molecule has 0 radical (unpaired) electrons. The van der Waals surface area contributed by atoms with E-state index >= 15 is 0 Å². The van der Waals surface area contributed by atoms with Crippen LogP contribution in [-0.2, 0) is 0 Å². The summed E-state index contributed by atoms with van der Waals surface area (Å²) in [5.74, 6) is 0.912. The molecule has 0 aliphatic carbocycles. The standard InChI is InChI=1S/C18H33N3/c1-4-12-20(13-5-2)14-7-17-8-15-21(16-9-17)18(3)10-6-11-19-18/h6,10-11,17H,4-5,7-9,12-16H2,1-3H3. The lowest BCUT2D eigenvalue weighted by Crippen LogP contribution is -2.47. The Labute approximate surface area is 131 Å². The molecule has 3 nitrogen and oxygen atoms in total. The summed E-state index contributed by atoms with van der Waals surface area (Å²) >= 11 is 0. The Hall–Kier alpha value is -0.670. The fraction of sp³-hybridized carbons (Fsp3) is 0.833. The maximum Gasteiger partial charge on any atom is 0.129 e. The Kier molecular flexibility index (Phi) is 6.43. The molecule has 1 unspecified atom stereocenters. The minimum Gasteiger partial charge on any atom is -0.303 e. The van der Waals surface area contributed by atoms with Crippen LogP contribution in [0.15, 0.2) is 17.1 Å². The Bertz CT molecular complexity index is 335. The summed E-state index contributed by atoms with van der Waals surface area (Å²) in [5.41, 5.74) is -0.0541. The van der Waals surface area contributed by atoms with Crippen molar-refractivity contribution >= 4 is 6.21 Å². The van der Waals surface area contributed by atoms with Crippen LogP contribution >= 0.6 is 0 Å². The monoisotopic (exact) mass is 291 g/mol. The molecule has 0 spiro atoms. The molecule has 0 aromatic rings. The number of likely N-dealkylation sites (tertiary alicyclic amines) is 1. The van der Waals surface area contributed by atoms with Gasteiger partial charge in [-0.25, -0.2) is 0 Å². The Morgan fingerprint density at radius 1 is 1.14 bits per heavy atom. The first kappa shape index (κ1) is 16.7. The van der Waals surface area contributed by atoms with Crippen molar-refractivity contribution in [3.8, 4) is 0 Å². The van der Waals surface area contributed by atoms with Gasteiger partial charge < -0.3 is 4.90 Å². The van der Waals surface area contributed by atoms with E-state index in [1.807, 2.05) is 6.21 Å². The van der Waals surface area contributed by atoms with Gasteiger partial charge in [-0.15, -0.1) is 0 Å². The zero-order valence-electron chi connectivity index (χ0n) is 14.2. The van der Waals surface area contributed by atoms with Crippen LogP contribution in [-0.4, -0.2) is 54.4 Å². The highest BCUT2D eigenvalue weighted by Crippen LogP contribution is 2.29. The van der Waals surface area contributed by atoms with Crippen LogP contribution in [0.3, 0.4) is 0 Å². The van der Waals surface area contributed by atoms with Crippen molar-refractivity contribution < 1.29 is 0 Å². The van der Waals surface area contributed by atoms with E-state index in [0.29, 0.717) is 0 Å². The second-order valence-electron chi connectivity index (χ2n) is 6.79. The second-order valence-corrected chi connectivity index (χ2v) is 6.79. The molecule has 0 saturated carbocycles. The van der Waals surface area contributed by atoms with Gasteiger partial charge in [-0.1, -0.05) is 13.8 Å². The second kappa shape index (κ2) is 8.09. The molecule has 2 aliphatic heterocycles. The Balaban J connectivity index is 1.71. The highest BCUT2D eigenvalue weighted by Gasteiger charge is 2.32. The topological polar surface area (TPSA) is 18.8 Å². The molecule has 21 heavy (non-hydrogen) atoms. The van der Waals surface area contributed by atoms with E-state index in [1.54, 1.807) is 0 Å². The number of hydrogen-bond acceptors (Lipinski definition) is 3. The van der Waals surface area contributed by atoms with Gasteiger partial charge in [0.25, 0.3) is 0 Å². The van der Waals surface area contributed by atoms with E-state index in [-0.39, 0.29) is 5.66 Å². The van der Waals surface area contributed by atoms with Crippen LogP contribution in [0.25, 0.3) is 0 Å². The summed E-state index contributed by atoms with van der Waals surface area (Å²) in [6.07, 6.45) is 12.9. The summed E-state index contributed by atoms with van der Waals surface area (Å²) in [7, 11) is 0. The Morgan fingerprint density at radius 3 is 2.33 bits per heavy atom. The van der Waals surface area contributed by atoms with Gasteiger partial charge in [-0.05, 0) is 76.7 Å². The summed E-state index contributed by atoms with van der Waals surface area (Å²) in [6, 6.07) is 0. The van der Waals surface area contributed by atoms with Crippen molar-refractivity contribution in [2.45, 2.75) is 58.5 Å². The maximum atomic E-state index is 4.62. The lowest BCUT2D eigenvalue weighted by Gasteiger charge is -2.40. The van der Waals surface area contributed by atoms with Crippen molar-refractivity contribution in [1.29, 1.82) is 0 Å². The molecule has 3 heteroatoms. The fourth-order valence-electron chi connectivity index (χ4n) is 3.66. The third kappa shape index (κ3) is 4.65. The van der Waals surface area contributed by atoms with Crippen molar-refractivity contribution in [1.82, 2.24) is 9.80 Å². The average Bonchev–Trinajstić information content (AvgIpc) is 2.94. The molecular weight excluding hydrogens is 258 g/mol. The van der Waals surface area contributed by atoms with E-state index in [2.05, 4.69) is 47.7 Å². The lowest BCUT2D eigenvalue weighted by atomic mass is 9.91. The highest BCUT2D eigenvalue weighted by molar-refractivity contribution is 5.75.